The summed E-state index contributed by atoms with van der Waals surface area (Å²) in [5.74, 6) is -0.916. The van der Waals surface area contributed by atoms with Crippen molar-refractivity contribution in [3.05, 3.63) is 69.7 Å². The third kappa shape index (κ3) is 3.44. The summed E-state index contributed by atoms with van der Waals surface area (Å²) in [5.41, 5.74) is 3.17. The number of rotatable bonds is 4. The molecular weight excluding hydrogens is 326 g/mol. The number of aryl methyl sites for hydroxylation is 1. The lowest BCUT2D eigenvalue weighted by atomic mass is 9.98. The van der Waals surface area contributed by atoms with Crippen LogP contribution in [0, 0.1) is 0 Å². The summed E-state index contributed by atoms with van der Waals surface area (Å²) < 4.78 is 0. The number of fused-ring (bicyclic) bond motifs is 1. The molecule has 1 heterocycles. The average Bonchev–Trinajstić information content (AvgIpc) is 2.59. The Morgan fingerprint density at radius 1 is 1.12 bits per heavy atom. The highest BCUT2D eigenvalue weighted by molar-refractivity contribution is 6.31. The Hall–Kier alpha value is -2.33. The summed E-state index contributed by atoms with van der Waals surface area (Å²) in [6.45, 7) is 1.21. The fourth-order valence-corrected chi connectivity index (χ4v) is 3.41. The molecule has 2 aromatic carbocycles. The first-order chi connectivity index (χ1) is 11.6. The van der Waals surface area contributed by atoms with E-state index in [-0.39, 0.29) is 11.5 Å². The van der Waals surface area contributed by atoms with Gasteiger partial charge < -0.3 is 10.0 Å². The molecule has 24 heavy (non-hydrogen) atoms. The summed E-state index contributed by atoms with van der Waals surface area (Å²) in [7, 11) is 0. The van der Waals surface area contributed by atoms with Gasteiger partial charge in [0.1, 0.15) is 0 Å². The third-order valence-corrected chi connectivity index (χ3v) is 4.77. The van der Waals surface area contributed by atoms with Crippen LogP contribution in [0.4, 0.5) is 0 Å². The second-order valence-corrected chi connectivity index (χ2v) is 6.31. The largest absolute Gasteiger partial charge is 0.478 e. The smallest absolute Gasteiger partial charge is 0.335 e. The van der Waals surface area contributed by atoms with Gasteiger partial charge in [-0.1, -0.05) is 41.9 Å². The van der Waals surface area contributed by atoms with Gasteiger partial charge >= 0.3 is 5.97 Å². The van der Waals surface area contributed by atoms with Crippen molar-refractivity contribution >= 4 is 23.5 Å². The van der Waals surface area contributed by atoms with Crippen LogP contribution in [0.5, 0.6) is 0 Å². The fraction of sp³-hybridized carbons (Fsp3) is 0.263. The number of nitrogens with zero attached hydrogens (tertiary/aromatic N) is 1. The van der Waals surface area contributed by atoms with Crippen molar-refractivity contribution < 1.29 is 14.7 Å². The molecular formula is C19H18ClNO3. The zero-order chi connectivity index (χ0) is 17.1. The van der Waals surface area contributed by atoms with Crippen LogP contribution in [-0.2, 0) is 24.2 Å². The molecule has 0 aromatic heterocycles. The first kappa shape index (κ1) is 16.5. The Kier molecular flexibility index (Phi) is 4.86. The van der Waals surface area contributed by atoms with Crippen LogP contribution in [0.3, 0.4) is 0 Å². The molecule has 2 aromatic rings. The Morgan fingerprint density at radius 2 is 1.92 bits per heavy atom. The lowest BCUT2D eigenvalue weighted by Crippen LogP contribution is -2.36. The number of aromatic carboxylic acids is 1. The molecule has 1 aliphatic rings. The van der Waals surface area contributed by atoms with Crippen molar-refractivity contribution in [1.29, 1.82) is 0 Å². The Labute approximate surface area is 145 Å². The monoisotopic (exact) mass is 343 g/mol. The lowest BCUT2D eigenvalue weighted by molar-refractivity contribution is -0.132. The van der Waals surface area contributed by atoms with Crippen molar-refractivity contribution in [2.75, 3.05) is 6.54 Å². The van der Waals surface area contributed by atoms with Crippen LogP contribution < -0.4 is 0 Å². The van der Waals surface area contributed by atoms with Gasteiger partial charge in [0.25, 0.3) is 0 Å². The maximum absolute atomic E-state index is 12.5. The first-order valence-corrected chi connectivity index (χ1v) is 8.29. The van der Waals surface area contributed by atoms with Crippen molar-refractivity contribution in [3.8, 4) is 0 Å². The van der Waals surface area contributed by atoms with Crippen LogP contribution >= 0.6 is 11.6 Å². The average molecular weight is 344 g/mol. The second-order valence-electron chi connectivity index (χ2n) is 5.91. The number of hydrogen-bond acceptors (Lipinski definition) is 2. The van der Waals surface area contributed by atoms with E-state index in [2.05, 4.69) is 0 Å². The normalized spacial score (nSPS) is 13.5. The van der Waals surface area contributed by atoms with Crippen LogP contribution in [0.25, 0.3) is 0 Å². The van der Waals surface area contributed by atoms with E-state index in [1.54, 1.807) is 24.3 Å². The van der Waals surface area contributed by atoms with Crippen LogP contribution in [-0.4, -0.2) is 28.4 Å². The molecule has 0 bridgehead atoms. The Balaban J connectivity index is 1.66. The zero-order valence-electron chi connectivity index (χ0n) is 13.2. The maximum Gasteiger partial charge on any atom is 0.335 e. The van der Waals surface area contributed by atoms with Gasteiger partial charge in [0.2, 0.25) is 5.91 Å². The quantitative estimate of drug-likeness (QED) is 0.923. The summed E-state index contributed by atoms with van der Waals surface area (Å²) in [6, 6.07) is 12.6. The summed E-state index contributed by atoms with van der Waals surface area (Å²) in [4.78, 5) is 25.5. The van der Waals surface area contributed by atoms with Crippen LogP contribution in [0.1, 0.15) is 33.5 Å². The number of benzene rings is 2. The number of carbonyl (C=O) groups excluding carboxylic acids is 1. The summed E-state index contributed by atoms with van der Waals surface area (Å²) >= 11 is 6.20. The van der Waals surface area contributed by atoms with Gasteiger partial charge in [-0.2, -0.15) is 0 Å². The number of amides is 1. The van der Waals surface area contributed by atoms with E-state index in [1.165, 1.54) is 0 Å². The topological polar surface area (TPSA) is 57.6 Å². The molecule has 5 heteroatoms. The maximum atomic E-state index is 12.5. The van der Waals surface area contributed by atoms with Gasteiger partial charge in [-0.15, -0.1) is 0 Å². The highest BCUT2D eigenvalue weighted by atomic mass is 35.5. The predicted octanol–water partition coefficient (Wildman–Crippen LogP) is 3.56. The molecule has 124 valence electrons. The van der Waals surface area contributed by atoms with E-state index in [1.807, 2.05) is 23.1 Å². The molecule has 0 saturated heterocycles. The summed E-state index contributed by atoms with van der Waals surface area (Å²) in [5, 5.41) is 9.97. The minimum absolute atomic E-state index is 0.0424. The van der Waals surface area contributed by atoms with Crippen LogP contribution in [0.15, 0.2) is 42.5 Å². The van der Waals surface area contributed by atoms with Crippen molar-refractivity contribution in [2.45, 2.75) is 25.8 Å². The van der Waals surface area contributed by atoms with Crippen molar-refractivity contribution in [3.63, 3.8) is 0 Å². The van der Waals surface area contributed by atoms with Gasteiger partial charge in [-0.05, 0) is 41.7 Å². The minimum atomic E-state index is -0.959. The Morgan fingerprint density at radius 3 is 2.71 bits per heavy atom. The van der Waals surface area contributed by atoms with Gasteiger partial charge in [0.05, 0.1) is 5.56 Å². The number of carbonyl (C=O) groups is 2. The van der Waals surface area contributed by atoms with E-state index in [4.69, 9.17) is 11.6 Å². The fourth-order valence-electron chi connectivity index (χ4n) is 3.12. The highest BCUT2D eigenvalue weighted by Gasteiger charge is 2.22. The van der Waals surface area contributed by atoms with Gasteiger partial charge in [-0.25, -0.2) is 4.79 Å². The molecule has 0 aliphatic carbocycles. The molecule has 1 amide bonds. The van der Waals surface area contributed by atoms with E-state index in [0.29, 0.717) is 31.5 Å². The predicted molar refractivity (Wildman–Crippen MR) is 92.3 cm³/mol. The third-order valence-electron chi connectivity index (χ3n) is 4.42. The van der Waals surface area contributed by atoms with E-state index in [9.17, 15) is 14.7 Å². The second kappa shape index (κ2) is 7.05. The highest BCUT2D eigenvalue weighted by Crippen LogP contribution is 2.26. The molecule has 1 aliphatic heterocycles. The van der Waals surface area contributed by atoms with Gasteiger partial charge in [0.15, 0.2) is 0 Å². The molecule has 0 radical (unpaired) electrons. The van der Waals surface area contributed by atoms with E-state index >= 15 is 0 Å². The molecule has 0 atom stereocenters. The van der Waals surface area contributed by atoms with E-state index in [0.717, 1.165) is 22.6 Å². The molecule has 1 N–H and O–H groups in total. The van der Waals surface area contributed by atoms with E-state index < -0.39 is 5.97 Å². The molecule has 3 rings (SSSR count). The molecule has 0 unspecified atom stereocenters. The standard InChI is InChI=1S/C19H18ClNO3/c20-17-7-3-5-14-12-21(11-10-15(14)17)18(22)9-8-13-4-1-2-6-16(13)19(23)24/h1-7H,8-12H2,(H,23,24). The molecule has 0 spiro atoms. The van der Waals surface area contributed by atoms with Gasteiger partial charge in [0, 0.05) is 24.5 Å². The zero-order valence-corrected chi connectivity index (χ0v) is 13.9. The number of hydrogen-bond donors (Lipinski definition) is 1. The number of halogens is 1. The van der Waals surface area contributed by atoms with Crippen LogP contribution in [0.2, 0.25) is 5.02 Å². The molecule has 0 saturated carbocycles. The van der Waals surface area contributed by atoms with Crippen molar-refractivity contribution in [2.24, 2.45) is 0 Å². The summed E-state index contributed by atoms with van der Waals surface area (Å²) in [6.07, 6.45) is 1.49. The minimum Gasteiger partial charge on any atom is -0.478 e. The molecule has 0 fully saturated rings. The lowest BCUT2D eigenvalue weighted by Gasteiger charge is -2.29. The first-order valence-electron chi connectivity index (χ1n) is 7.91. The van der Waals surface area contributed by atoms with Gasteiger partial charge in [-0.3, -0.25) is 4.79 Å². The number of carboxylic acid groups (broad SMARTS) is 1. The SMILES string of the molecule is O=C(O)c1ccccc1CCC(=O)N1CCc2c(Cl)cccc2C1. The number of carboxylic acids is 1. The Bertz CT molecular complexity index is 788. The van der Waals surface area contributed by atoms with Crippen molar-refractivity contribution in [1.82, 2.24) is 4.90 Å². The molecule has 4 nitrogen and oxygen atoms in total.